The number of piperidine rings is 1. The summed E-state index contributed by atoms with van der Waals surface area (Å²) in [6, 6.07) is 7.60. The maximum absolute atomic E-state index is 12.9. The van der Waals surface area contributed by atoms with E-state index in [1.165, 1.54) is 14.9 Å². The highest BCUT2D eigenvalue weighted by atomic mass is 16.7. The molecule has 2 bridgehead atoms. The summed E-state index contributed by atoms with van der Waals surface area (Å²) in [5.41, 5.74) is 5.17. The van der Waals surface area contributed by atoms with Crippen LogP contribution < -0.4 is 10.9 Å². The van der Waals surface area contributed by atoms with Gasteiger partial charge in [0.25, 0.3) is 11.8 Å². The van der Waals surface area contributed by atoms with Crippen LogP contribution in [0.1, 0.15) is 52.5 Å². The van der Waals surface area contributed by atoms with E-state index in [0.717, 1.165) is 5.56 Å². The van der Waals surface area contributed by atoms with Crippen molar-refractivity contribution in [2.75, 3.05) is 13.1 Å². The Morgan fingerprint density at radius 1 is 1.00 bits per heavy atom. The van der Waals surface area contributed by atoms with Crippen molar-refractivity contribution in [1.82, 2.24) is 25.7 Å². The number of nitrogens with one attached hydrogen (secondary N) is 2. The highest BCUT2D eigenvalue weighted by molar-refractivity contribution is 5.91. The van der Waals surface area contributed by atoms with E-state index in [4.69, 9.17) is 9.57 Å². The fourth-order valence-corrected chi connectivity index (χ4v) is 4.90. The van der Waals surface area contributed by atoms with Crippen LogP contribution in [0.25, 0.3) is 0 Å². The molecule has 0 aromatic heterocycles. The number of hydrazine groups is 1. The van der Waals surface area contributed by atoms with Gasteiger partial charge < -0.3 is 9.64 Å². The molecule has 0 aliphatic carbocycles. The zero-order chi connectivity index (χ0) is 26.0. The minimum atomic E-state index is -0.749. The molecular formula is C25H35N5O6. The Morgan fingerprint density at radius 3 is 2.33 bits per heavy atom. The quantitative estimate of drug-likeness (QED) is 0.597. The molecule has 2 N–H and O–H groups in total. The van der Waals surface area contributed by atoms with Crippen molar-refractivity contribution in [3.05, 3.63) is 35.9 Å². The molecule has 4 atom stereocenters. The van der Waals surface area contributed by atoms with Crippen molar-refractivity contribution >= 4 is 23.9 Å². The zero-order valence-electron chi connectivity index (χ0n) is 21.2. The summed E-state index contributed by atoms with van der Waals surface area (Å²) in [5, 5.41) is 1.36. The molecular weight excluding hydrogens is 466 g/mol. The lowest BCUT2D eigenvalue weighted by Gasteiger charge is -2.30. The van der Waals surface area contributed by atoms with Crippen molar-refractivity contribution in [1.29, 1.82) is 0 Å². The van der Waals surface area contributed by atoms with E-state index >= 15 is 0 Å². The Morgan fingerprint density at radius 2 is 1.67 bits per heavy atom. The second kappa shape index (κ2) is 10.3. The molecule has 3 fully saturated rings. The first kappa shape index (κ1) is 25.7. The Balaban J connectivity index is 1.31. The van der Waals surface area contributed by atoms with E-state index in [1.807, 2.05) is 37.3 Å². The number of urea groups is 1. The predicted octanol–water partition coefficient (Wildman–Crippen LogP) is 2.18. The van der Waals surface area contributed by atoms with Crippen molar-refractivity contribution in [2.45, 2.75) is 77.3 Å². The summed E-state index contributed by atoms with van der Waals surface area (Å²) in [4.78, 5) is 60.0. The number of rotatable bonds is 5. The van der Waals surface area contributed by atoms with Crippen LogP contribution in [-0.2, 0) is 25.8 Å². The summed E-state index contributed by atoms with van der Waals surface area (Å²) < 4.78 is 5.43. The maximum atomic E-state index is 12.9. The van der Waals surface area contributed by atoms with E-state index in [0.29, 0.717) is 32.4 Å². The normalized spacial score (nSPS) is 25.7. The molecule has 11 heteroatoms. The van der Waals surface area contributed by atoms with E-state index in [-0.39, 0.29) is 24.6 Å². The maximum Gasteiger partial charge on any atom is 0.410 e. The Labute approximate surface area is 211 Å². The second-order valence-electron chi connectivity index (χ2n) is 10.7. The van der Waals surface area contributed by atoms with Gasteiger partial charge in [0.15, 0.2) is 0 Å². The number of fused-ring (bicyclic) bond motifs is 2. The van der Waals surface area contributed by atoms with E-state index in [2.05, 4.69) is 10.9 Å². The fourth-order valence-electron chi connectivity index (χ4n) is 4.90. The van der Waals surface area contributed by atoms with E-state index in [1.54, 1.807) is 20.8 Å². The topological polar surface area (TPSA) is 121 Å². The average molecular weight is 502 g/mol. The number of nitrogens with zero attached hydrogens (tertiary/aromatic N) is 3. The molecule has 1 aromatic carbocycles. The lowest BCUT2D eigenvalue weighted by Crippen LogP contribution is -2.57. The Kier molecular flexibility index (Phi) is 7.39. The van der Waals surface area contributed by atoms with Crippen LogP contribution >= 0.6 is 0 Å². The standard InChI is InChI=1S/C25H35N5O6/c1-16-12-20(29(13-16)24(34)36-25(2,3)4)22(32)27-26-21(31)19-11-10-18-14-28(19)23(33)30(18)35-15-17-8-6-5-7-9-17/h5-9,16,18-20H,10-15H2,1-4H3,(H,26,31)(H,27,32)/t16-,18-,19+,20+/m1/s1. The SMILES string of the molecule is C[C@@H]1C[C@@H](C(=O)NNC(=O)[C@@H]2CC[C@@H]3CN2C(=O)N3OCc2ccccc2)N(C(=O)OC(C)(C)C)C1. The third kappa shape index (κ3) is 5.72. The van der Waals surface area contributed by atoms with Gasteiger partial charge >= 0.3 is 12.1 Å². The summed E-state index contributed by atoms with van der Waals surface area (Å²) in [5.74, 6) is -0.855. The minimum Gasteiger partial charge on any atom is -0.444 e. The van der Waals surface area contributed by atoms with Crippen LogP contribution in [0.2, 0.25) is 0 Å². The highest BCUT2D eigenvalue weighted by Crippen LogP contribution is 2.30. The third-order valence-corrected chi connectivity index (χ3v) is 6.59. The summed E-state index contributed by atoms with van der Waals surface area (Å²) in [6.45, 7) is 8.29. The molecule has 196 valence electrons. The molecule has 3 aliphatic rings. The molecule has 3 aliphatic heterocycles. The van der Waals surface area contributed by atoms with Crippen molar-refractivity contribution in [3.63, 3.8) is 0 Å². The van der Waals surface area contributed by atoms with Crippen molar-refractivity contribution < 1.29 is 28.8 Å². The number of hydrogen-bond donors (Lipinski definition) is 2. The van der Waals surface area contributed by atoms with Crippen LogP contribution in [-0.4, -0.2) is 75.6 Å². The number of carbonyl (C=O) groups excluding carboxylic acids is 4. The summed E-state index contributed by atoms with van der Waals surface area (Å²) in [6.07, 6.45) is 0.961. The van der Waals surface area contributed by atoms with Gasteiger partial charge in [0, 0.05) is 13.1 Å². The third-order valence-electron chi connectivity index (χ3n) is 6.59. The van der Waals surface area contributed by atoms with Crippen LogP contribution in [0.4, 0.5) is 9.59 Å². The predicted molar refractivity (Wildman–Crippen MR) is 129 cm³/mol. The van der Waals surface area contributed by atoms with Gasteiger partial charge in [0.05, 0.1) is 6.04 Å². The van der Waals surface area contributed by atoms with Crippen LogP contribution in [0, 0.1) is 5.92 Å². The molecule has 0 spiro atoms. The lowest BCUT2D eigenvalue weighted by atomic mass is 10.0. The van der Waals surface area contributed by atoms with Gasteiger partial charge in [-0.25, -0.2) is 9.59 Å². The molecule has 3 saturated heterocycles. The van der Waals surface area contributed by atoms with Gasteiger partial charge in [-0.1, -0.05) is 37.3 Å². The van der Waals surface area contributed by atoms with Gasteiger partial charge in [-0.05, 0) is 51.5 Å². The van der Waals surface area contributed by atoms with Crippen LogP contribution in [0.5, 0.6) is 0 Å². The molecule has 3 heterocycles. The largest absolute Gasteiger partial charge is 0.444 e. The first-order chi connectivity index (χ1) is 17.0. The monoisotopic (exact) mass is 501 g/mol. The van der Waals surface area contributed by atoms with E-state index in [9.17, 15) is 19.2 Å². The van der Waals surface area contributed by atoms with Gasteiger partial charge in [0.2, 0.25) is 0 Å². The first-order valence-electron chi connectivity index (χ1n) is 12.4. The number of likely N-dealkylation sites (tertiary alicyclic amines) is 1. The summed E-state index contributed by atoms with van der Waals surface area (Å²) >= 11 is 0. The molecule has 0 unspecified atom stereocenters. The highest BCUT2D eigenvalue weighted by Gasteiger charge is 2.48. The van der Waals surface area contributed by atoms with Gasteiger partial charge in [0.1, 0.15) is 24.3 Å². The first-order valence-corrected chi connectivity index (χ1v) is 12.4. The smallest absolute Gasteiger partial charge is 0.410 e. The number of hydrogen-bond acceptors (Lipinski definition) is 6. The molecule has 0 radical (unpaired) electrons. The molecule has 1 aromatic rings. The molecule has 5 amide bonds. The second-order valence-corrected chi connectivity index (χ2v) is 10.7. The Bertz CT molecular complexity index is 996. The number of amides is 5. The number of hydroxylamine groups is 2. The molecule has 11 nitrogen and oxygen atoms in total. The van der Waals surface area contributed by atoms with Gasteiger partial charge in [-0.15, -0.1) is 0 Å². The fraction of sp³-hybridized carbons (Fsp3) is 0.600. The lowest BCUT2D eigenvalue weighted by molar-refractivity contribution is -0.140. The molecule has 0 saturated carbocycles. The number of carbonyl (C=O) groups is 4. The van der Waals surface area contributed by atoms with Gasteiger partial charge in [-0.3, -0.25) is 30.2 Å². The van der Waals surface area contributed by atoms with Gasteiger partial charge in [-0.2, -0.15) is 5.06 Å². The van der Waals surface area contributed by atoms with Crippen molar-refractivity contribution in [2.24, 2.45) is 5.92 Å². The number of ether oxygens (including phenoxy) is 1. The number of benzene rings is 1. The molecule has 36 heavy (non-hydrogen) atoms. The van der Waals surface area contributed by atoms with E-state index < -0.39 is 35.6 Å². The summed E-state index contributed by atoms with van der Waals surface area (Å²) in [7, 11) is 0. The van der Waals surface area contributed by atoms with Crippen LogP contribution in [0.3, 0.4) is 0 Å². The van der Waals surface area contributed by atoms with Crippen molar-refractivity contribution in [3.8, 4) is 0 Å². The zero-order valence-corrected chi connectivity index (χ0v) is 21.2. The molecule has 4 rings (SSSR count). The Hall–Kier alpha value is -3.34. The van der Waals surface area contributed by atoms with Crippen LogP contribution in [0.15, 0.2) is 30.3 Å². The average Bonchev–Trinajstić information content (AvgIpc) is 3.33. The minimum absolute atomic E-state index is 0.114.